The van der Waals surface area contributed by atoms with Gasteiger partial charge in [0.1, 0.15) is 11.2 Å². The molecule has 11 nitrogen and oxygen atoms in total. The minimum Gasteiger partial charge on any atom is -0.481 e. The molecule has 0 spiro atoms. The van der Waals surface area contributed by atoms with Crippen molar-refractivity contribution in [3.8, 4) is 5.88 Å². The number of aliphatic hydroxyl groups excluding tert-OH is 1. The molecule has 0 unspecified atom stereocenters. The Morgan fingerprint density at radius 2 is 2.05 bits per heavy atom. The Labute approximate surface area is 222 Å². The smallest absolute Gasteiger partial charge is 0.319 e. The van der Waals surface area contributed by atoms with Crippen LogP contribution in [-0.4, -0.2) is 63.0 Å². The second-order valence-corrected chi connectivity index (χ2v) is 10.4. The molecule has 2 aliphatic rings. The quantitative estimate of drug-likeness (QED) is 0.283. The van der Waals surface area contributed by atoms with Gasteiger partial charge in [0.05, 0.1) is 40.8 Å². The topological polar surface area (TPSA) is 163 Å². The van der Waals surface area contributed by atoms with Crippen molar-refractivity contribution in [1.82, 2.24) is 15.3 Å². The number of para-hydroxylation sites is 1. The minimum atomic E-state index is -1.80. The van der Waals surface area contributed by atoms with Gasteiger partial charge in [0.15, 0.2) is 0 Å². The number of aromatic nitrogens is 2. The highest BCUT2D eigenvalue weighted by Crippen LogP contribution is 2.39. The number of ether oxygens (including phenoxy) is 1. The summed E-state index contributed by atoms with van der Waals surface area (Å²) in [6.07, 6.45) is -1.03. The van der Waals surface area contributed by atoms with E-state index in [0.717, 1.165) is 10.3 Å². The molecule has 1 aliphatic heterocycles. The van der Waals surface area contributed by atoms with Gasteiger partial charge in [-0.05, 0) is 43.5 Å². The molecule has 1 fully saturated rings. The zero-order valence-corrected chi connectivity index (χ0v) is 21.4. The van der Waals surface area contributed by atoms with Gasteiger partial charge in [-0.2, -0.15) is 0 Å². The van der Waals surface area contributed by atoms with Crippen LogP contribution in [0, 0.1) is 5.41 Å². The number of benzene rings is 1. The first kappa shape index (κ1) is 25.9. The van der Waals surface area contributed by atoms with Crippen molar-refractivity contribution < 1.29 is 29.3 Å². The van der Waals surface area contributed by atoms with E-state index in [0.29, 0.717) is 40.9 Å². The summed E-state index contributed by atoms with van der Waals surface area (Å²) in [5.74, 6) is -0.873. The molecule has 3 aromatic rings. The van der Waals surface area contributed by atoms with E-state index in [2.05, 4.69) is 25.9 Å². The Morgan fingerprint density at radius 1 is 1.21 bits per heavy atom. The number of hydrogen-bond acceptors (Lipinski definition) is 9. The SMILES string of the molecule is COc1ccc2cccc(NC(=O)[C@@]3(C(=O)O)CC[C@@H](NCc4ccc5c(n4)NC(=O)CS5)[C@H](O)C3)c2n1. The van der Waals surface area contributed by atoms with E-state index in [9.17, 15) is 24.6 Å². The summed E-state index contributed by atoms with van der Waals surface area (Å²) in [7, 11) is 1.49. The van der Waals surface area contributed by atoms with Gasteiger partial charge in [-0.15, -0.1) is 11.8 Å². The van der Waals surface area contributed by atoms with Gasteiger partial charge in [-0.3, -0.25) is 14.4 Å². The molecule has 3 atom stereocenters. The number of amides is 2. The van der Waals surface area contributed by atoms with E-state index in [-0.39, 0.29) is 25.2 Å². The number of nitrogens with one attached hydrogen (secondary N) is 3. The average molecular weight is 538 g/mol. The third-order valence-electron chi connectivity index (χ3n) is 6.98. The van der Waals surface area contributed by atoms with Crippen molar-refractivity contribution in [2.75, 3.05) is 23.5 Å². The lowest BCUT2D eigenvalue weighted by Crippen LogP contribution is -2.54. The molecule has 0 bridgehead atoms. The average Bonchev–Trinajstić information content (AvgIpc) is 2.91. The largest absolute Gasteiger partial charge is 0.481 e. The number of aliphatic carboxylic acids is 1. The number of fused-ring (bicyclic) bond motifs is 2. The second-order valence-electron chi connectivity index (χ2n) is 9.36. The highest BCUT2D eigenvalue weighted by Gasteiger charge is 2.51. The summed E-state index contributed by atoms with van der Waals surface area (Å²) >= 11 is 1.42. The van der Waals surface area contributed by atoms with Gasteiger partial charge in [0, 0.05) is 24.0 Å². The molecule has 198 valence electrons. The highest BCUT2D eigenvalue weighted by molar-refractivity contribution is 8.00. The fourth-order valence-electron chi connectivity index (χ4n) is 4.86. The number of pyridine rings is 2. The van der Waals surface area contributed by atoms with Crippen LogP contribution in [0.4, 0.5) is 11.5 Å². The molecule has 38 heavy (non-hydrogen) atoms. The van der Waals surface area contributed by atoms with E-state index in [4.69, 9.17) is 4.74 Å². The van der Waals surface area contributed by atoms with Crippen LogP contribution in [0.2, 0.25) is 0 Å². The normalized spacial score (nSPS) is 22.8. The van der Waals surface area contributed by atoms with Gasteiger partial charge >= 0.3 is 5.97 Å². The predicted molar refractivity (Wildman–Crippen MR) is 141 cm³/mol. The number of rotatable bonds is 7. The van der Waals surface area contributed by atoms with Crippen LogP contribution >= 0.6 is 11.8 Å². The van der Waals surface area contributed by atoms with Gasteiger partial charge in [-0.25, -0.2) is 9.97 Å². The van der Waals surface area contributed by atoms with Crippen LogP contribution in [-0.2, 0) is 20.9 Å². The number of carbonyl (C=O) groups excluding carboxylic acids is 2. The van der Waals surface area contributed by atoms with E-state index in [1.54, 1.807) is 24.3 Å². The number of aliphatic hydroxyl groups is 1. The number of carbonyl (C=O) groups is 3. The Morgan fingerprint density at radius 3 is 2.82 bits per heavy atom. The fourth-order valence-corrected chi connectivity index (χ4v) is 5.61. The first-order chi connectivity index (χ1) is 18.3. The Hall–Kier alpha value is -3.74. The molecule has 5 N–H and O–H groups in total. The highest BCUT2D eigenvalue weighted by atomic mass is 32.2. The number of hydrogen-bond donors (Lipinski definition) is 5. The number of methoxy groups -OCH3 is 1. The molecule has 5 rings (SSSR count). The molecular weight excluding hydrogens is 510 g/mol. The van der Waals surface area contributed by atoms with Crippen molar-refractivity contribution in [2.24, 2.45) is 5.41 Å². The van der Waals surface area contributed by atoms with E-state index >= 15 is 0 Å². The van der Waals surface area contributed by atoms with Gasteiger partial charge in [0.25, 0.3) is 0 Å². The molecule has 1 aliphatic carbocycles. The maximum Gasteiger partial charge on any atom is 0.319 e. The third-order valence-corrected chi connectivity index (χ3v) is 8.03. The van der Waals surface area contributed by atoms with Gasteiger partial charge in [-0.1, -0.05) is 12.1 Å². The van der Waals surface area contributed by atoms with E-state index in [1.807, 2.05) is 18.2 Å². The molecule has 12 heteroatoms. The lowest BCUT2D eigenvalue weighted by atomic mass is 9.70. The first-order valence-electron chi connectivity index (χ1n) is 12.1. The summed E-state index contributed by atoms with van der Waals surface area (Å²) in [6.45, 7) is 0.311. The number of carboxylic acid groups (broad SMARTS) is 1. The number of thioether (sulfide) groups is 1. The summed E-state index contributed by atoms with van der Waals surface area (Å²) in [5.41, 5.74) is -0.288. The van der Waals surface area contributed by atoms with Crippen molar-refractivity contribution in [1.29, 1.82) is 0 Å². The summed E-state index contributed by atoms with van der Waals surface area (Å²) < 4.78 is 5.19. The molecule has 3 heterocycles. The standard InChI is InChI=1S/C26H27N5O6S/c1-37-21-8-5-14-3-2-4-17(22(14)31-21)29-24(34)26(25(35)36)10-9-16(18(32)11-26)27-12-15-6-7-19-23(28-15)30-20(33)13-38-19/h2-8,16,18,27,32H,9-13H2,1H3,(H,29,34)(H,35,36)(H,28,30,33)/t16-,18-,26-/m1/s1. The zero-order valence-electron chi connectivity index (χ0n) is 20.6. The van der Waals surface area contributed by atoms with Crippen molar-refractivity contribution >= 4 is 52.0 Å². The number of anilines is 2. The maximum absolute atomic E-state index is 13.4. The van der Waals surface area contributed by atoms with Crippen LogP contribution in [0.5, 0.6) is 5.88 Å². The van der Waals surface area contributed by atoms with Crippen LogP contribution < -0.4 is 20.7 Å². The van der Waals surface area contributed by atoms with Crippen LogP contribution in [0.25, 0.3) is 10.9 Å². The van der Waals surface area contributed by atoms with E-state index in [1.165, 1.54) is 18.9 Å². The predicted octanol–water partition coefficient (Wildman–Crippen LogP) is 2.40. The first-order valence-corrected chi connectivity index (χ1v) is 13.1. The lowest BCUT2D eigenvalue weighted by Gasteiger charge is -2.39. The molecule has 2 amide bonds. The Bertz CT molecular complexity index is 1420. The summed E-state index contributed by atoms with van der Waals surface area (Å²) in [4.78, 5) is 47.2. The number of carboxylic acids is 1. The molecule has 1 saturated carbocycles. The number of nitrogens with zero attached hydrogens (tertiary/aromatic N) is 2. The lowest BCUT2D eigenvalue weighted by molar-refractivity contribution is -0.159. The third kappa shape index (κ3) is 5.02. The van der Waals surface area contributed by atoms with Crippen LogP contribution in [0.15, 0.2) is 47.4 Å². The minimum absolute atomic E-state index is 0.0364. The molecule has 0 saturated heterocycles. The Kier molecular flexibility index (Phi) is 7.19. The van der Waals surface area contributed by atoms with Crippen molar-refractivity contribution in [2.45, 2.75) is 42.8 Å². The fraction of sp³-hybridized carbons (Fsp3) is 0.346. The molecular formula is C26H27N5O6S. The summed E-state index contributed by atoms with van der Waals surface area (Å²) in [5, 5.41) is 30.5. The summed E-state index contributed by atoms with van der Waals surface area (Å²) in [6, 6.07) is 12.0. The van der Waals surface area contributed by atoms with Crippen LogP contribution in [0.1, 0.15) is 25.0 Å². The monoisotopic (exact) mass is 537 g/mol. The van der Waals surface area contributed by atoms with Crippen molar-refractivity contribution in [3.63, 3.8) is 0 Å². The molecule has 2 aromatic heterocycles. The maximum atomic E-state index is 13.4. The van der Waals surface area contributed by atoms with Gasteiger partial charge < -0.3 is 30.9 Å². The van der Waals surface area contributed by atoms with Crippen molar-refractivity contribution in [3.05, 3.63) is 48.2 Å². The van der Waals surface area contributed by atoms with Gasteiger partial charge in [0.2, 0.25) is 17.7 Å². The molecule has 1 aromatic carbocycles. The van der Waals surface area contributed by atoms with Crippen LogP contribution in [0.3, 0.4) is 0 Å². The Balaban J connectivity index is 1.28. The second kappa shape index (κ2) is 10.6. The molecule has 0 radical (unpaired) electrons. The zero-order chi connectivity index (χ0) is 26.9. The van der Waals surface area contributed by atoms with E-state index < -0.39 is 29.4 Å².